The predicted molar refractivity (Wildman–Crippen MR) is 94.8 cm³/mol. The van der Waals surface area contributed by atoms with Crippen LogP contribution in [0.4, 0.5) is 0 Å². The molecule has 1 heteroatoms. The van der Waals surface area contributed by atoms with Crippen molar-refractivity contribution in [2.24, 2.45) is 0 Å². The SMILES string of the molecule is CCCCCCCCCCC(NC)c1ccccc1CC. The van der Waals surface area contributed by atoms with E-state index >= 15 is 0 Å². The molecule has 1 aromatic carbocycles. The van der Waals surface area contributed by atoms with E-state index < -0.39 is 0 Å². The molecular formula is C20H35N. The van der Waals surface area contributed by atoms with Gasteiger partial charge in [0.2, 0.25) is 0 Å². The third kappa shape index (κ3) is 7.13. The molecule has 21 heavy (non-hydrogen) atoms. The molecule has 0 aromatic heterocycles. The zero-order valence-electron chi connectivity index (χ0n) is 14.5. The normalized spacial score (nSPS) is 12.5. The second kappa shape index (κ2) is 11.8. The molecular weight excluding hydrogens is 254 g/mol. The van der Waals surface area contributed by atoms with Gasteiger partial charge >= 0.3 is 0 Å². The van der Waals surface area contributed by atoms with E-state index in [1.807, 2.05) is 0 Å². The van der Waals surface area contributed by atoms with Crippen molar-refractivity contribution in [3.8, 4) is 0 Å². The maximum absolute atomic E-state index is 3.51. The van der Waals surface area contributed by atoms with Crippen LogP contribution in [0.25, 0.3) is 0 Å². The van der Waals surface area contributed by atoms with Crippen molar-refractivity contribution >= 4 is 0 Å². The molecule has 1 aromatic rings. The van der Waals surface area contributed by atoms with Crippen molar-refractivity contribution in [3.05, 3.63) is 35.4 Å². The molecule has 0 aliphatic rings. The summed E-state index contributed by atoms with van der Waals surface area (Å²) >= 11 is 0. The van der Waals surface area contributed by atoms with Gasteiger partial charge in [-0.2, -0.15) is 0 Å². The quantitative estimate of drug-likeness (QED) is 0.462. The van der Waals surface area contributed by atoms with Crippen LogP contribution in [-0.4, -0.2) is 7.05 Å². The molecule has 1 atom stereocenters. The minimum atomic E-state index is 0.529. The number of aryl methyl sites for hydroxylation is 1. The molecule has 1 N–H and O–H groups in total. The Labute approximate surface area is 132 Å². The van der Waals surface area contributed by atoms with E-state index in [0.29, 0.717) is 6.04 Å². The van der Waals surface area contributed by atoms with Crippen molar-refractivity contribution in [2.75, 3.05) is 7.05 Å². The summed E-state index contributed by atoms with van der Waals surface area (Å²) in [4.78, 5) is 0. The highest BCUT2D eigenvalue weighted by Gasteiger charge is 2.11. The average Bonchev–Trinajstić information content (AvgIpc) is 2.53. The van der Waals surface area contributed by atoms with Gasteiger partial charge in [-0.15, -0.1) is 0 Å². The van der Waals surface area contributed by atoms with E-state index in [0.717, 1.165) is 6.42 Å². The van der Waals surface area contributed by atoms with E-state index in [4.69, 9.17) is 0 Å². The molecule has 0 spiro atoms. The molecule has 1 unspecified atom stereocenters. The fourth-order valence-corrected chi connectivity index (χ4v) is 3.13. The van der Waals surface area contributed by atoms with Crippen LogP contribution in [0.5, 0.6) is 0 Å². The van der Waals surface area contributed by atoms with Crippen LogP contribution in [0.2, 0.25) is 0 Å². The highest BCUT2D eigenvalue weighted by atomic mass is 14.9. The Morgan fingerprint density at radius 3 is 2.10 bits per heavy atom. The standard InChI is InChI=1S/C20H35N/c1-4-6-7-8-9-10-11-12-17-20(21-3)19-16-14-13-15-18(19)5-2/h13-16,20-21H,4-12,17H2,1-3H3. The number of nitrogens with one attached hydrogen (secondary N) is 1. The first kappa shape index (κ1) is 18.2. The van der Waals surface area contributed by atoms with Gasteiger partial charge in [0, 0.05) is 6.04 Å². The Balaban J connectivity index is 2.25. The maximum atomic E-state index is 3.51. The molecule has 0 saturated heterocycles. The molecule has 0 aliphatic carbocycles. The van der Waals surface area contributed by atoms with Gasteiger partial charge in [0.25, 0.3) is 0 Å². The van der Waals surface area contributed by atoms with Gasteiger partial charge in [0.15, 0.2) is 0 Å². The molecule has 1 nitrogen and oxygen atoms in total. The van der Waals surface area contributed by atoms with Crippen LogP contribution in [0, 0.1) is 0 Å². The van der Waals surface area contributed by atoms with Gasteiger partial charge in [0.1, 0.15) is 0 Å². The number of hydrogen-bond acceptors (Lipinski definition) is 1. The molecule has 0 fully saturated rings. The molecule has 0 aliphatic heterocycles. The van der Waals surface area contributed by atoms with Gasteiger partial charge in [0.05, 0.1) is 0 Å². The Hall–Kier alpha value is -0.820. The number of unbranched alkanes of at least 4 members (excludes halogenated alkanes) is 7. The fraction of sp³-hybridized carbons (Fsp3) is 0.700. The fourth-order valence-electron chi connectivity index (χ4n) is 3.13. The summed E-state index contributed by atoms with van der Waals surface area (Å²) in [5.41, 5.74) is 3.00. The Kier molecular flexibility index (Phi) is 10.2. The zero-order valence-corrected chi connectivity index (χ0v) is 14.5. The van der Waals surface area contributed by atoms with Crippen molar-refractivity contribution in [2.45, 2.75) is 84.1 Å². The molecule has 0 bridgehead atoms. The lowest BCUT2D eigenvalue weighted by Crippen LogP contribution is -2.17. The summed E-state index contributed by atoms with van der Waals surface area (Å²) < 4.78 is 0. The summed E-state index contributed by atoms with van der Waals surface area (Å²) in [7, 11) is 2.10. The molecule has 1 rings (SSSR count). The molecule has 0 radical (unpaired) electrons. The van der Waals surface area contributed by atoms with Crippen LogP contribution in [0.15, 0.2) is 24.3 Å². The van der Waals surface area contributed by atoms with Crippen molar-refractivity contribution < 1.29 is 0 Å². The van der Waals surface area contributed by atoms with Crippen LogP contribution in [0.1, 0.15) is 88.8 Å². The Bertz CT molecular complexity index is 359. The van der Waals surface area contributed by atoms with Crippen molar-refractivity contribution in [3.63, 3.8) is 0 Å². The second-order valence-electron chi connectivity index (χ2n) is 6.16. The van der Waals surface area contributed by atoms with Crippen LogP contribution < -0.4 is 5.32 Å². The average molecular weight is 290 g/mol. The van der Waals surface area contributed by atoms with Crippen molar-refractivity contribution in [1.29, 1.82) is 0 Å². The van der Waals surface area contributed by atoms with Crippen LogP contribution in [-0.2, 0) is 6.42 Å². The van der Waals surface area contributed by atoms with E-state index in [1.54, 1.807) is 0 Å². The van der Waals surface area contributed by atoms with Crippen molar-refractivity contribution in [1.82, 2.24) is 5.32 Å². The number of hydrogen-bond donors (Lipinski definition) is 1. The Morgan fingerprint density at radius 1 is 0.857 bits per heavy atom. The van der Waals surface area contributed by atoms with Gasteiger partial charge < -0.3 is 5.32 Å². The summed E-state index contributed by atoms with van der Waals surface area (Å²) in [6.07, 6.45) is 13.6. The largest absolute Gasteiger partial charge is 0.313 e. The molecule has 0 amide bonds. The van der Waals surface area contributed by atoms with Gasteiger partial charge in [-0.05, 0) is 31.0 Å². The van der Waals surface area contributed by atoms with E-state index in [2.05, 4.69) is 50.5 Å². The lowest BCUT2D eigenvalue weighted by molar-refractivity contribution is 0.492. The maximum Gasteiger partial charge on any atom is 0.0320 e. The first-order valence-electron chi connectivity index (χ1n) is 9.08. The highest BCUT2D eigenvalue weighted by Crippen LogP contribution is 2.24. The third-order valence-electron chi connectivity index (χ3n) is 4.51. The van der Waals surface area contributed by atoms with Crippen LogP contribution >= 0.6 is 0 Å². The zero-order chi connectivity index (χ0) is 15.3. The molecule has 120 valence electrons. The third-order valence-corrected chi connectivity index (χ3v) is 4.51. The first-order valence-corrected chi connectivity index (χ1v) is 9.08. The minimum absolute atomic E-state index is 0.529. The first-order chi connectivity index (χ1) is 10.3. The highest BCUT2D eigenvalue weighted by molar-refractivity contribution is 5.29. The molecule has 0 saturated carbocycles. The van der Waals surface area contributed by atoms with E-state index in [9.17, 15) is 0 Å². The lowest BCUT2D eigenvalue weighted by atomic mass is 9.94. The number of rotatable bonds is 12. The van der Waals surface area contributed by atoms with Gasteiger partial charge in [-0.25, -0.2) is 0 Å². The van der Waals surface area contributed by atoms with E-state index in [-0.39, 0.29) is 0 Å². The lowest BCUT2D eigenvalue weighted by Gasteiger charge is -2.19. The summed E-state index contributed by atoms with van der Waals surface area (Å²) in [5.74, 6) is 0. The monoisotopic (exact) mass is 289 g/mol. The molecule has 0 heterocycles. The summed E-state index contributed by atoms with van der Waals surface area (Å²) in [5, 5.41) is 3.51. The topological polar surface area (TPSA) is 12.0 Å². The summed E-state index contributed by atoms with van der Waals surface area (Å²) in [6, 6.07) is 9.43. The number of benzene rings is 1. The summed E-state index contributed by atoms with van der Waals surface area (Å²) in [6.45, 7) is 4.54. The van der Waals surface area contributed by atoms with E-state index in [1.165, 1.54) is 68.9 Å². The van der Waals surface area contributed by atoms with Gasteiger partial charge in [-0.3, -0.25) is 0 Å². The smallest absolute Gasteiger partial charge is 0.0320 e. The minimum Gasteiger partial charge on any atom is -0.313 e. The van der Waals surface area contributed by atoms with Crippen LogP contribution in [0.3, 0.4) is 0 Å². The van der Waals surface area contributed by atoms with Gasteiger partial charge in [-0.1, -0.05) is 89.5 Å². The Morgan fingerprint density at radius 2 is 1.48 bits per heavy atom. The second-order valence-corrected chi connectivity index (χ2v) is 6.16. The predicted octanol–water partition coefficient (Wildman–Crippen LogP) is 6.04.